The normalized spacial score (nSPS) is 10.6. The molecular formula is C12H8BrN3O2S. The maximum atomic E-state index is 5.74. The number of rotatable bonds is 3. The van der Waals surface area contributed by atoms with E-state index < -0.39 is 0 Å². The standard InChI is InChI=1S/C12H8BrN3O2S/c1-17-8-3-2-7(13)6-9(8)18-12-16-10-11(19-12)15-5-4-14-10/h2-6H,1H3. The number of hydrogen-bond donors (Lipinski definition) is 0. The number of aromatic nitrogens is 3. The van der Waals surface area contributed by atoms with Crippen LogP contribution in [-0.2, 0) is 0 Å². The van der Waals surface area contributed by atoms with Crippen molar-refractivity contribution in [1.29, 1.82) is 0 Å². The molecule has 2 heterocycles. The predicted molar refractivity (Wildman–Crippen MR) is 76.0 cm³/mol. The van der Waals surface area contributed by atoms with Crippen LogP contribution in [0.2, 0.25) is 0 Å². The number of benzene rings is 1. The first-order valence-corrected chi connectivity index (χ1v) is 6.96. The zero-order valence-corrected chi connectivity index (χ0v) is 12.2. The first kappa shape index (κ1) is 12.3. The molecule has 1 aromatic carbocycles. The zero-order valence-electron chi connectivity index (χ0n) is 9.83. The van der Waals surface area contributed by atoms with Gasteiger partial charge in [-0.3, -0.25) is 0 Å². The maximum absolute atomic E-state index is 5.74. The monoisotopic (exact) mass is 337 g/mol. The van der Waals surface area contributed by atoms with Crippen LogP contribution in [0, 0.1) is 0 Å². The van der Waals surface area contributed by atoms with Crippen molar-refractivity contribution in [1.82, 2.24) is 15.0 Å². The van der Waals surface area contributed by atoms with Crippen LogP contribution in [-0.4, -0.2) is 22.1 Å². The van der Waals surface area contributed by atoms with E-state index in [1.807, 2.05) is 18.2 Å². The van der Waals surface area contributed by atoms with Crippen molar-refractivity contribution in [2.24, 2.45) is 0 Å². The zero-order chi connectivity index (χ0) is 13.2. The summed E-state index contributed by atoms with van der Waals surface area (Å²) in [6.45, 7) is 0. The van der Waals surface area contributed by atoms with Crippen molar-refractivity contribution < 1.29 is 9.47 Å². The van der Waals surface area contributed by atoms with Crippen molar-refractivity contribution in [3.05, 3.63) is 35.1 Å². The average Bonchev–Trinajstić information content (AvgIpc) is 2.81. The highest BCUT2D eigenvalue weighted by molar-refractivity contribution is 9.10. The van der Waals surface area contributed by atoms with Gasteiger partial charge in [-0.1, -0.05) is 27.3 Å². The lowest BCUT2D eigenvalue weighted by atomic mass is 10.3. The van der Waals surface area contributed by atoms with E-state index in [2.05, 4.69) is 30.9 Å². The summed E-state index contributed by atoms with van der Waals surface area (Å²) >= 11 is 4.74. The van der Waals surface area contributed by atoms with E-state index in [1.165, 1.54) is 11.3 Å². The molecule has 7 heteroatoms. The molecule has 0 aliphatic heterocycles. The highest BCUT2D eigenvalue weighted by Gasteiger charge is 2.11. The Kier molecular flexibility index (Phi) is 3.31. The SMILES string of the molecule is COc1ccc(Br)cc1Oc1nc2nccnc2s1. The third-order valence-corrected chi connectivity index (χ3v) is 3.67. The fourth-order valence-electron chi connectivity index (χ4n) is 1.53. The Labute approximate surface area is 121 Å². The van der Waals surface area contributed by atoms with Gasteiger partial charge in [0, 0.05) is 16.9 Å². The van der Waals surface area contributed by atoms with Crippen molar-refractivity contribution in [2.75, 3.05) is 7.11 Å². The predicted octanol–water partition coefficient (Wildman–Crippen LogP) is 3.65. The number of ether oxygens (including phenoxy) is 2. The van der Waals surface area contributed by atoms with Crippen LogP contribution in [0.25, 0.3) is 10.5 Å². The van der Waals surface area contributed by atoms with Gasteiger partial charge in [-0.15, -0.1) is 0 Å². The van der Waals surface area contributed by atoms with Crippen LogP contribution in [0.3, 0.4) is 0 Å². The Morgan fingerprint density at radius 1 is 1.16 bits per heavy atom. The Morgan fingerprint density at radius 2 is 2.00 bits per heavy atom. The third kappa shape index (κ3) is 2.52. The molecule has 0 fully saturated rings. The van der Waals surface area contributed by atoms with Gasteiger partial charge in [-0.2, -0.15) is 4.98 Å². The fourth-order valence-corrected chi connectivity index (χ4v) is 2.60. The van der Waals surface area contributed by atoms with Gasteiger partial charge in [0.1, 0.15) is 0 Å². The van der Waals surface area contributed by atoms with Crippen molar-refractivity contribution in [3.63, 3.8) is 0 Å². The van der Waals surface area contributed by atoms with Crippen molar-refractivity contribution in [2.45, 2.75) is 0 Å². The summed E-state index contributed by atoms with van der Waals surface area (Å²) in [5.74, 6) is 1.24. The third-order valence-electron chi connectivity index (χ3n) is 2.35. The minimum Gasteiger partial charge on any atom is -0.493 e. The molecule has 2 aromatic heterocycles. The summed E-state index contributed by atoms with van der Waals surface area (Å²) < 4.78 is 11.9. The van der Waals surface area contributed by atoms with Gasteiger partial charge in [0.2, 0.25) is 0 Å². The van der Waals surface area contributed by atoms with E-state index in [0.717, 1.165) is 9.30 Å². The van der Waals surface area contributed by atoms with Crippen LogP contribution in [0.4, 0.5) is 0 Å². The largest absolute Gasteiger partial charge is 0.493 e. The lowest BCUT2D eigenvalue weighted by Gasteiger charge is -2.07. The first-order chi connectivity index (χ1) is 9.26. The number of hydrogen-bond acceptors (Lipinski definition) is 6. The number of thiazole rings is 1. The Balaban J connectivity index is 1.98. The summed E-state index contributed by atoms with van der Waals surface area (Å²) in [6, 6.07) is 5.53. The van der Waals surface area contributed by atoms with Crippen LogP contribution >= 0.6 is 27.3 Å². The van der Waals surface area contributed by atoms with Gasteiger partial charge in [-0.05, 0) is 18.2 Å². The van der Waals surface area contributed by atoms with Gasteiger partial charge >= 0.3 is 0 Å². The van der Waals surface area contributed by atoms with E-state index in [1.54, 1.807) is 19.5 Å². The second-order valence-electron chi connectivity index (χ2n) is 3.56. The molecule has 5 nitrogen and oxygen atoms in total. The summed E-state index contributed by atoms with van der Waals surface area (Å²) in [6.07, 6.45) is 3.23. The molecule has 0 N–H and O–H groups in total. The van der Waals surface area contributed by atoms with Crippen LogP contribution in [0.15, 0.2) is 35.1 Å². The molecule has 0 bridgehead atoms. The molecule has 0 saturated carbocycles. The summed E-state index contributed by atoms with van der Waals surface area (Å²) in [4.78, 5) is 13.3. The van der Waals surface area contributed by atoms with Crippen molar-refractivity contribution >= 4 is 37.7 Å². The lowest BCUT2D eigenvalue weighted by Crippen LogP contribution is -1.89. The fraction of sp³-hybridized carbons (Fsp3) is 0.0833. The van der Waals surface area contributed by atoms with E-state index in [-0.39, 0.29) is 0 Å². The second-order valence-corrected chi connectivity index (χ2v) is 5.42. The molecule has 0 amide bonds. The van der Waals surface area contributed by atoms with E-state index in [9.17, 15) is 0 Å². The molecule has 3 aromatic rings. The van der Waals surface area contributed by atoms with Gasteiger partial charge in [-0.25, -0.2) is 9.97 Å². The molecule has 0 aliphatic carbocycles. The number of methoxy groups -OCH3 is 1. The van der Waals surface area contributed by atoms with Gasteiger partial charge in [0.15, 0.2) is 22.0 Å². The lowest BCUT2D eigenvalue weighted by molar-refractivity contribution is 0.378. The molecule has 3 rings (SSSR count). The van der Waals surface area contributed by atoms with Crippen LogP contribution in [0.5, 0.6) is 16.7 Å². The number of nitrogens with zero attached hydrogens (tertiary/aromatic N) is 3. The second kappa shape index (κ2) is 5.10. The molecule has 0 unspecified atom stereocenters. The molecule has 0 saturated heterocycles. The molecule has 0 aliphatic rings. The Bertz CT molecular complexity index is 699. The quantitative estimate of drug-likeness (QED) is 0.730. The van der Waals surface area contributed by atoms with Gasteiger partial charge in [0.05, 0.1) is 7.11 Å². The highest BCUT2D eigenvalue weighted by atomic mass is 79.9. The van der Waals surface area contributed by atoms with Gasteiger partial charge < -0.3 is 9.47 Å². The maximum Gasteiger partial charge on any atom is 0.283 e. The van der Waals surface area contributed by atoms with E-state index in [0.29, 0.717) is 22.3 Å². The average molecular weight is 338 g/mol. The summed E-state index contributed by atoms with van der Waals surface area (Å²) in [5, 5.41) is 0.484. The number of halogens is 1. The molecule has 0 spiro atoms. The van der Waals surface area contributed by atoms with Gasteiger partial charge in [0.25, 0.3) is 5.19 Å². The molecule has 96 valence electrons. The minimum absolute atomic E-state index is 0.484. The van der Waals surface area contributed by atoms with E-state index in [4.69, 9.17) is 9.47 Å². The Morgan fingerprint density at radius 3 is 2.79 bits per heavy atom. The minimum atomic E-state index is 0.484. The topological polar surface area (TPSA) is 57.1 Å². The van der Waals surface area contributed by atoms with Crippen LogP contribution < -0.4 is 9.47 Å². The molecule has 0 atom stereocenters. The highest BCUT2D eigenvalue weighted by Crippen LogP contribution is 2.36. The smallest absolute Gasteiger partial charge is 0.283 e. The molecule has 0 radical (unpaired) electrons. The molecule has 19 heavy (non-hydrogen) atoms. The summed E-state index contributed by atoms with van der Waals surface area (Å²) in [5.41, 5.74) is 0.580. The van der Waals surface area contributed by atoms with E-state index >= 15 is 0 Å². The first-order valence-electron chi connectivity index (χ1n) is 5.35. The summed E-state index contributed by atoms with van der Waals surface area (Å²) in [7, 11) is 1.59. The van der Waals surface area contributed by atoms with Crippen LogP contribution in [0.1, 0.15) is 0 Å². The number of fused-ring (bicyclic) bond motifs is 1. The Hall–Kier alpha value is -1.73. The molecular weight excluding hydrogens is 330 g/mol. The van der Waals surface area contributed by atoms with Crippen molar-refractivity contribution in [3.8, 4) is 16.7 Å².